The van der Waals surface area contributed by atoms with Crippen molar-refractivity contribution in [2.75, 3.05) is 44.4 Å². The normalized spacial score (nSPS) is 22.1. The molecule has 2 aromatic carbocycles. The highest BCUT2D eigenvalue weighted by Crippen LogP contribution is 2.37. The Morgan fingerprint density at radius 2 is 1.82 bits per heavy atom. The highest BCUT2D eigenvalue weighted by atomic mass is 35.5. The van der Waals surface area contributed by atoms with Crippen molar-refractivity contribution in [3.8, 4) is 11.5 Å². The van der Waals surface area contributed by atoms with Crippen LogP contribution in [0.2, 0.25) is 5.02 Å². The molecular weight excluding hydrogens is 448 g/mol. The maximum Gasteiger partial charge on any atom is 0.325 e. The SMILES string of the molecule is C[C@]1(c2ccc3c(c2)OCO3)NC(=O)N(CC(=O)N2CCN(c3cccc(Cl)c3)CC2)C1=O. The second kappa shape index (κ2) is 8.15. The summed E-state index contributed by atoms with van der Waals surface area (Å²) in [6.45, 7) is 3.70. The monoisotopic (exact) mass is 470 g/mol. The number of halogens is 1. The van der Waals surface area contributed by atoms with Crippen molar-refractivity contribution in [1.82, 2.24) is 15.1 Å². The summed E-state index contributed by atoms with van der Waals surface area (Å²) < 4.78 is 10.7. The van der Waals surface area contributed by atoms with E-state index in [1.165, 1.54) is 0 Å². The summed E-state index contributed by atoms with van der Waals surface area (Å²) in [6, 6.07) is 12.1. The maximum atomic E-state index is 13.2. The Hall–Kier alpha value is -3.46. The number of piperazine rings is 1. The molecule has 0 radical (unpaired) electrons. The van der Waals surface area contributed by atoms with Crippen LogP contribution in [0.4, 0.5) is 10.5 Å². The van der Waals surface area contributed by atoms with E-state index in [4.69, 9.17) is 21.1 Å². The van der Waals surface area contributed by atoms with Gasteiger partial charge in [-0.3, -0.25) is 14.5 Å². The lowest BCUT2D eigenvalue weighted by atomic mass is 9.91. The molecule has 3 heterocycles. The molecule has 2 saturated heterocycles. The largest absolute Gasteiger partial charge is 0.454 e. The van der Waals surface area contributed by atoms with Crippen LogP contribution in [0.25, 0.3) is 0 Å². The molecule has 0 saturated carbocycles. The van der Waals surface area contributed by atoms with Crippen LogP contribution in [-0.2, 0) is 15.1 Å². The molecule has 2 fully saturated rings. The molecule has 3 aliphatic rings. The molecule has 4 amide bonds. The number of fused-ring (bicyclic) bond motifs is 1. The topological polar surface area (TPSA) is 91.4 Å². The van der Waals surface area contributed by atoms with Crippen LogP contribution < -0.4 is 19.7 Å². The summed E-state index contributed by atoms with van der Waals surface area (Å²) in [5, 5.41) is 3.39. The predicted molar refractivity (Wildman–Crippen MR) is 120 cm³/mol. The van der Waals surface area contributed by atoms with Gasteiger partial charge in [-0.25, -0.2) is 4.79 Å². The third-order valence-corrected chi connectivity index (χ3v) is 6.56. The van der Waals surface area contributed by atoms with Gasteiger partial charge in [-0.2, -0.15) is 0 Å². The average Bonchev–Trinajstić information content (AvgIpc) is 3.37. The fourth-order valence-corrected chi connectivity index (χ4v) is 4.55. The number of ether oxygens (including phenoxy) is 2. The summed E-state index contributed by atoms with van der Waals surface area (Å²) in [7, 11) is 0. The molecule has 172 valence electrons. The first kappa shape index (κ1) is 21.4. The number of carbonyl (C=O) groups is 3. The lowest BCUT2D eigenvalue weighted by Crippen LogP contribution is -2.52. The van der Waals surface area contributed by atoms with Gasteiger partial charge >= 0.3 is 6.03 Å². The second-order valence-electron chi connectivity index (χ2n) is 8.36. The van der Waals surface area contributed by atoms with E-state index in [2.05, 4.69) is 10.2 Å². The molecule has 0 unspecified atom stereocenters. The first-order valence-corrected chi connectivity index (χ1v) is 11.1. The van der Waals surface area contributed by atoms with E-state index < -0.39 is 17.5 Å². The zero-order chi connectivity index (χ0) is 23.2. The van der Waals surface area contributed by atoms with Crippen LogP contribution in [0, 0.1) is 0 Å². The molecule has 33 heavy (non-hydrogen) atoms. The first-order valence-electron chi connectivity index (χ1n) is 10.7. The van der Waals surface area contributed by atoms with Gasteiger partial charge in [0.1, 0.15) is 12.1 Å². The molecule has 5 rings (SSSR count). The second-order valence-corrected chi connectivity index (χ2v) is 8.80. The standard InChI is InChI=1S/C23H23ClN4O5/c1-23(15-5-6-18-19(11-15)33-14-32-18)21(30)28(22(31)25-23)13-20(29)27-9-7-26(8-10-27)17-4-2-3-16(24)12-17/h2-6,11-12H,7-10,13-14H2,1H3,(H,25,31)/t23-/m1/s1. The Bertz CT molecular complexity index is 1130. The van der Waals surface area contributed by atoms with Crippen LogP contribution in [0.3, 0.4) is 0 Å². The zero-order valence-corrected chi connectivity index (χ0v) is 18.8. The van der Waals surface area contributed by atoms with Gasteiger partial charge in [-0.05, 0) is 42.8 Å². The Kier molecular flexibility index (Phi) is 5.28. The van der Waals surface area contributed by atoms with E-state index in [0.717, 1.165) is 10.6 Å². The maximum absolute atomic E-state index is 13.2. The van der Waals surface area contributed by atoms with Gasteiger partial charge in [-0.15, -0.1) is 0 Å². The third-order valence-electron chi connectivity index (χ3n) is 6.32. The van der Waals surface area contributed by atoms with Crippen LogP contribution in [0.5, 0.6) is 11.5 Å². The van der Waals surface area contributed by atoms with E-state index in [1.807, 2.05) is 24.3 Å². The van der Waals surface area contributed by atoms with Crippen LogP contribution in [0.15, 0.2) is 42.5 Å². The number of rotatable bonds is 4. The van der Waals surface area contributed by atoms with Gasteiger partial charge < -0.3 is 24.6 Å². The minimum absolute atomic E-state index is 0.112. The Morgan fingerprint density at radius 1 is 1.06 bits per heavy atom. The number of urea groups is 1. The van der Waals surface area contributed by atoms with Gasteiger partial charge in [0, 0.05) is 36.9 Å². The van der Waals surface area contributed by atoms with Crippen LogP contribution >= 0.6 is 11.6 Å². The van der Waals surface area contributed by atoms with Crippen molar-refractivity contribution >= 4 is 35.1 Å². The predicted octanol–water partition coefficient (Wildman–Crippen LogP) is 2.18. The zero-order valence-electron chi connectivity index (χ0n) is 18.0. The minimum Gasteiger partial charge on any atom is -0.454 e. The van der Waals surface area contributed by atoms with Gasteiger partial charge in [0.05, 0.1) is 0 Å². The van der Waals surface area contributed by atoms with E-state index in [-0.39, 0.29) is 19.2 Å². The fourth-order valence-electron chi connectivity index (χ4n) is 4.37. The van der Waals surface area contributed by atoms with Crippen molar-refractivity contribution in [2.24, 2.45) is 0 Å². The number of nitrogens with zero attached hydrogens (tertiary/aromatic N) is 3. The number of hydrogen-bond acceptors (Lipinski definition) is 6. The quantitative estimate of drug-likeness (QED) is 0.689. The summed E-state index contributed by atoms with van der Waals surface area (Å²) in [6.07, 6.45) is 0. The molecule has 9 nitrogen and oxygen atoms in total. The number of carbonyl (C=O) groups excluding carboxylic acids is 3. The molecule has 1 N–H and O–H groups in total. The Morgan fingerprint density at radius 3 is 2.58 bits per heavy atom. The fraction of sp³-hybridized carbons (Fsp3) is 0.348. The van der Waals surface area contributed by atoms with Crippen molar-refractivity contribution in [1.29, 1.82) is 0 Å². The third kappa shape index (κ3) is 3.82. The van der Waals surface area contributed by atoms with Crippen molar-refractivity contribution in [3.63, 3.8) is 0 Å². The first-order chi connectivity index (χ1) is 15.8. The number of imide groups is 1. The van der Waals surface area contributed by atoms with E-state index in [0.29, 0.717) is 48.3 Å². The Labute approximate surface area is 195 Å². The van der Waals surface area contributed by atoms with Gasteiger partial charge in [0.25, 0.3) is 5.91 Å². The molecule has 0 aromatic heterocycles. The van der Waals surface area contributed by atoms with Gasteiger partial charge in [-0.1, -0.05) is 23.7 Å². The van der Waals surface area contributed by atoms with Crippen LogP contribution in [0.1, 0.15) is 12.5 Å². The lowest BCUT2D eigenvalue weighted by molar-refractivity contribution is -0.139. The van der Waals surface area contributed by atoms with Gasteiger partial charge in [0.15, 0.2) is 11.5 Å². The molecule has 1 atom stereocenters. The summed E-state index contributed by atoms with van der Waals surface area (Å²) in [5.74, 6) is 0.363. The molecule has 0 aliphatic carbocycles. The summed E-state index contributed by atoms with van der Waals surface area (Å²) >= 11 is 6.08. The number of hydrogen-bond donors (Lipinski definition) is 1. The van der Waals surface area contributed by atoms with Crippen molar-refractivity contribution in [3.05, 3.63) is 53.1 Å². The molecule has 3 aliphatic heterocycles. The average molecular weight is 471 g/mol. The lowest BCUT2D eigenvalue weighted by Gasteiger charge is -2.36. The summed E-state index contributed by atoms with van der Waals surface area (Å²) in [5.41, 5.74) is 0.280. The molecule has 2 aromatic rings. The molecule has 0 bridgehead atoms. The summed E-state index contributed by atoms with van der Waals surface area (Å²) in [4.78, 5) is 43.6. The molecule has 10 heteroatoms. The number of nitrogens with one attached hydrogen (secondary N) is 1. The molecular formula is C23H23ClN4O5. The highest BCUT2D eigenvalue weighted by Gasteiger charge is 2.50. The van der Waals surface area contributed by atoms with Gasteiger partial charge in [0.2, 0.25) is 12.7 Å². The number of anilines is 1. The number of benzene rings is 2. The van der Waals surface area contributed by atoms with Crippen molar-refractivity contribution < 1.29 is 23.9 Å². The minimum atomic E-state index is -1.29. The highest BCUT2D eigenvalue weighted by molar-refractivity contribution is 6.30. The number of amides is 4. The smallest absolute Gasteiger partial charge is 0.325 e. The van der Waals surface area contributed by atoms with E-state index in [1.54, 1.807) is 30.0 Å². The Balaban J connectivity index is 1.24. The van der Waals surface area contributed by atoms with E-state index >= 15 is 0 Å². The van der Waals surface area contributed by atoms with Crippen molar-refractivity contribution in [2.45, 2.75) is 12.5 Å². The van der Waals surface area contributed by atoms with Crippen LogP contribution in [-0.4, -0.2) is 67.2 Å². The van der Waals surface area contributed by atoms with E-state index in [9.17, 15) is 14.4 Å². The molecule has 0 spiro atoms.